The molecule has 6 nitrogen and oxygen atoms in total. The third-order valence-electron chi connectivity index (χ3n) is 3.99. The minimum absolute atomic E-state index is 0.169. The molecule has 0 bridgehead atoms. The predicted octanol–water partition coefficient (Wildman–Crippen LogP) is 3.83. The first kappa shape index (κ1) is 16.5. The summed E-state index contributed by atoms with van der Waals surface area (Å²) in [6, 6.07) is 17.6. The number of halogens is 1. The van der Waals surface area contributed by atoms with E-state index in [0.29, 0.717) is 23.8 Å². The molecule has 2 N–H and O–H groups in total. The van der Waals surface area contributed by atoms with Crippen LogP contribution in [0.3, 0.4) is 0 Å². The highest BCUT2D eigenvalue weighted by Gasteiger charge is 2.16. The van der Waals surface area contributed by atoms with Gasteiger partial charge < -0.3 is 14.8 Å². The lowest BCUT2D eigenvalue weighted by Gasteiger charge is -2.00. The second kappa shape index (κ2) is 7.13. The van der Waals surface area contributed by atoms with Gasteiger partial charge >= 0.3 is 0 Å². The number of nitrogens with one attached hydrogen (secondary N) is 2. The Bertz CT molecular complexity index is 1060. The van der Waals surface area contributed by atoms with E-state index in [2.05, 4.69) is 36.4 Å². The molecule has 4 rings (SSSR count). The molecule has 0 radical (unpaired) electrons. The van der Waals surface area contributed by atoms with E-state index >= 15 is 0 Å². The van der Waals surface area contributed by atoms with Crippen LogP contribution in [-0.4, -0.2) is 21.0 Å². The Morgan fingerprint density at radius 2 is 1.88 bits per heavy atom. The van der Waals surface area contributed by atoms with E-state index < -0.39 is 0 Å². The van der Waals surface area contributed by atoms with Crippen molar-refractivity contribution in [2.75, 3.05) is 0 Å². The number of fused-ring (bicyclic) bond motifs is 1. The van der Waals surface area contributed by atoms with Gasteiger partial charge in [0, 0.05) is 17.3 Å². The second-order valence-electron chi connectivity index (χ2n) is 5.81. The van der Waals surface area contributed by atoms with Crippen molar-refractivity contribution in [3.63, 3.8) is 0 Å². The fourth-order valence-electron chi connectivity index (χ4n) is 2.72. The Morgan fingerprint density at radius 1 is 1.12 bits per heavy atom. The van der Waals surface area contributed by atoms with Gasteiger partial charge in [-0.1, -0.05) is 53.7 Å². The van der Waals surface area contributed by atoms with Crippen molar-refractivity contribution >= 4 is 32.7 Å². The third-order valence-corrected chi connectivity index (χ3v) is 4.81. The lowest BCUT2D eigenvalue weighted by Crippen LogP contribution is -2.23. The number of carbonyl (C=O) groups is 1. The van der Waals surface area contributed by atoms with Crippen LogP contribution in [-0.2, 0) is 13.0 Å². The summed E-state index contributed by atoms with van der Waals surface area (Å²) in [7, 11) is 0. The van der Waals surface area contributed by atoms with Crippen LogP contribution in [0.5, 0.6) is 0 Å². The van der Waals surface area contributed by atoms with Crippen LogP contribution in [0.1, 0.15) is 27.8 Å². The molecule has 0 spiro atoms. The van der Waals surface area contributed by atoms with E-state index in [0.717, 1.165) is 20.9 Å². The number of aromatic nitrogens is 3. The van der Waals surface area contributed by atoms with Crippen LogP contribution in [0.25, 0.3) is 10.9 Å². The normalized spacial score (nSPS) is 11.0. The predicted molar refractivity (Wildman–Crippen MR) is 101 cm³/mol. The molecule has 26 heavy (non-hydrogen) atoms. The third kappa shape index (κ3) is 3.39. The average Bonchev–Trinajstić information content (AvgIpc) is 3.25. The minimum atomic E-state index is -0.240. The lowest BCUT2D eigenvalue weighted by molar-refractivity contribution is 0.0941. The number of hydrogen-bond acceptors (Lipinski definition) is 4. The Morgan fingerprint density at radius 3 is 2.69 bits per heavy atom. The second-order valence-corrected chi connectivity index (χ2v) is 6.60. The molecule has 2 aromatic carbocycles. The van der Waals surface area contributed by atoms with E-state index in [-0.39, 0.29) is 12.5 Å². The van der Waals surface area contributed by atoms with Gasteiger partial charge in [-0.05, 0) is 27.6 Å². The summed E-state index contributed by atoms with van der Waals surface area (Å²) >= 11 is 3.48. The Kier molecular flexibility index (Phi) is 4.53. The summed E-state index contributed by atoms with van der Waals surface area (Å²) in [5, 5.41) is 7.72. The lowest BCUT2D eigenvalue weighted by atomic mass is 10.1. The summed E-state index contributed by atoms with van der Waals surface area (Å²) in [6.45, 7) is 0.169. The van der Waals surface area contributed by atoms with Crippen LogP contribution < -0.4 is 5.32 Å². The van der Waals surface area contributed by atoms with Gasteiger partial charge in [0.25, 0.3) is 5.91 Å². The Labute approximate surface area is 157 Å². The van der Waals surface area contributed by atoms with Crippen LogP contribution in [0.2, 0.25) is 0 Å². The molecule has 2 aromatic heterocycles. The number of benzene rings is 2. The summed E-state index contributed by atoms with van der Waals surface area (Å²) in [4.78, 5) is 19.9. The molecule has 0 unspecified atom stereocenters. The van der Waals surface area contributed by atoms with Crippen LogP contribution in [0.4, 0.5) is 0 Å². The van der Waals surface area contributed by atoms with Crippen molar-refractivity contribution in [3.8, 4) is 0 Å². The van der Waals surface area contributed by atoms with Crippen molar-refractivity contribution in [1.29, 1.82) is 0 Å². The smallest absolute Gasteiger partial charge is 0.269 e. The van der Waals surface area contributed by atoms with Gasteiger partial charge in [0.05, 0.1) is 11.0 Å². The average molecular weight is 411 g/mol. The first-order valence-corrected chi connectivity index (χ1v) is 8.90. The molecule has 0 fully saturated rings. The van der Waals surface area contributed by atoms with Crippen LogP contribution in [0.15, 0.2) is 63.6 Å². The zero-order chi connectivity index (χ0) is 17.9. The van der Waals surface area contributed by atoms with E-state index in [1.807, 2.05) is 54.6 Å². The molecule has 7 heteroatoms. The number of nitrogens with zero attached hydrogens (tertiary/aromatic N) is 2. The Balaban J connectivity index is 1.42. The van der Waals surface area contributed by atoms with Crippen molar-refractivity contribution < 1.29 is 9.32 Å². The highest BCUT2D eigenvalue weighted by atomic mass is 79.9. The fourth-order valence-corrected chi connectivity index (χ4v) is 3.35. The van der Waals surface area contributed by atoms with Gasteiger partial charge in [0.2, 0.25) is 5.89 Å². The molecule has 0 aliphatic carbocycles. The largest absolute Gasteiger partial charge is 0.350 e. The van der Waals surface area contributed by atoms with Crippen molar-refractivity contribution in [2.24, 2.45) is 0 Å². The number of para-hydroxylation sites is 1. The summed E-state index contributed by atoms with van der Waals surface area (Å²) in [5.41, 5.74) is 2.47. The molecular weight excluding hydrogens is 396 g/mol. The van der Waals surface area contributed by atoms with Crippen LogP contribution in [0, 0.1) is 0 Å². The van der Waals surface area contributed by atoms with Crippen LogP contribution >= 0.6 is 15.9 Å². The number of aromatic amines is 1. The zero-order valence-corrected chi connectivity index (χ0v) is 15.3. The maximum atomic E-state index is 12.4. The molecule has 1 amide bonds. The number of hydrogen-bond donors (Lipinski definition) is 2. The molecule has 0 aliphatic rings. The minimum Gasteiger partial charge on any atom is -0.350 e. The molecule has 0 saturated carbocycles. The zero-order valence-electron chi connectivity index (χ0n) is 13.7. The molecule has 130 valence electrons. The Hall–Kier alpha value is -2.93. The fraction of sp³-hybridized carbons (Fsp3) is 0.105. The molecule has 2 heterocycles. The summed E-state index contributed by atoms with van der Waals surface area (Å²) in [6.07, 6.45) is 0.589. The quantitative estimate of drug-likeness (QED) is 0.523. The standard InChI is InChI=1S/C19H15BrN4O2/c20-17-13-8-4-5-9-14(13)22-18(17)19(25)21-11-16-23-15(24-26-16)10-12-6-2-1-3-7-12/h1-9,22H,10-11H2,(H,21,25). The monoisotopic (exact) mass is 410 g/mol. The van der Waals surface area contributed by atoms with Gasteiger partial charge in [-0.25, -0.2) is 0 Å². The molecule has 0 saturated heterocycles. The van der Waals surface area contributed by atoms with Crippen molar-refractivity contribution in [1.82, 2.24) is 20.4 Å². The van der Waals surface area contributed by atoms with Gasteiger partial charge in [0.1, 0.15) is 5.69 Å². The number of H-pyrrole nitrogens is 1. The first-order valence-electron chi connectivity index (χ1n) is 8.10. The van der Waals surface area contributed by atoms with Crippen molar-refractivity contribution in [3.05, 3.63) is 82.0 Å². The van der Waals surface area contributed by atoms with E-state index in [1.165, 1.54) is 0 Å². The molecule has 0 aliphatic heterocycles. The van der Waals surface area contributed by atoms with E-state index in [9.17, 15) is 4.79 Å². The number of carbonyl (C=O) groups excluding carboxylic acids is 1. The SMILES string of the molecule is O=C(NCc1nc(Cc2ccccc2)no1)c1[nH]c2ccccc2c1Br. The van der Waals surface area contributed by atoms with E-state index in [4.69, 9.17) is 4.52 Å². The molecule has 4 aromatic rings. The number of amides is 1. The first-order chi connectivity index (χ1) is 12.7. The maximum Gasteiger partial charge on any atom is 0.269 e. The molecular formula is C19H15BrN4O2. The van der Waals surface area contributed by atoms with Gasteiger partial charge in [-0.3, -0.25) is 4.79 Å². The van der Waals surface area contributed by atoms with Gasteiger partial charge in [-0.15, -0.1) is 0 Å². The van der Waals surface area contributed by atoms with Gasteiger partial charge in [0.15, 0.2) is 5.82 Å². The van der Waals surface area contributed by atoms with Crippen molar-refractivity contribution in [2.45, 2.75) is 13.0 Å². The highest BCUT2D eigenvalue weighted by Crippen LogP contribution is 2.27. The topological polar surface area (TPSA) is 83.8 Å². The van der Waals surface area contributed by atoms with E-state index in [1.54, 1.807) is 0 Å². The highest BCUT2D eigenvalue weighted by molar-refractivity contribution is 9.10. The maximum absolute atomic E-state index is 12.4. The van der Waals surface area contributed by atoms with Gasteiger partial charge in [-0.2, -0.15) is 4.98 Å². The number of rotatable bonds is 5. The summed E-state index contributed by atoms with van der Waals surface area (Å²) in [5.74, 6) is 0.722. The molecule has 0 atom stereocenters. The summed E-state index contributed by atoms with van der Waals surface area (Å²) < 4.78 is 5.95.